The second-order valence-electron chi connectivity index (χ2n) is 9.77. The molecule has 0 atom stereocenters. The second kappa shape index (κ2) is 11.4. The van der Waals surface area contributed by atoms with Crippen LogP contribution in [0.5, 0.6) is 0 Å². The first-order valence-corrected chi connectivity index (χ1v) is 18.1. The van der Waals surface area contributed by atoms with Crippen molar-refractivity contribution in [2.75, 3.05) is 24.2 Å². The molecule has 0 radical (unpaired) electrons. The summed E-state index contributed by atoms with van der Waals surface area (Å²) >= 11 is 1.40. The van der Waals surface area contributed by atoms with Crippen LogP contribution in [0.3, 0.4) is 0 Å². The van der Waals surface area contributed by atoms with Crippen molar-refractivity contribution < 1.29 is 22.7 Å². The minimum Gasteiger partial charge on any atom is -0.462 e. The fraction of sp³-hybridized carbons (Fsp3) is 0.560. The van der Waals surface area contributed by atoms with Crippen LogP contribution in [0.2, 0.25) is 25.7 Å². The van der Waals surface area contributed by atoms with Crippen LogP contribution in [0.25, 0.3) is 0 Å². The zero-order chi connectivity index (χ0) is 24.9. The Bertz CT molecular complexity index is 1100. The summed E-state index contributed by atoms with van der Waals surface area (Å²) in [6.45, 7) is 11.1. The third-order valence-electron chi connectivity index (χ3n) is 5.99. The van der Waals surface area contributed by atoms with Crippen molar-refractivity contribution in [2.24, 2.45) is 0 Å². The molecule has 188 valence electrons. The maximum Gasteiger partial charge on any atom is 0.341 e. The fourth-order valence-corrected chi connectivity index (χ4v) is 8.06. The molecule has 0 spiro atoms. The van der Waals surface area contributed by atoms with E-state index in [4.69, 9.17) is 9.47 Å². The Morgan fingerprint density at radius 1 is 1.12 bits per heavy atom. The molecule has 9 heteroatoms. The van der Waals surface area contributed by atoms with E-state index in [9.17, 15) is 13.2 Å². The van der Waals surface area contributed by atoms with Crippen molar-refractivity contribution in [3.8, 4) is 0 Å². The first-order valence-electron chi connectivity index (χ1n) is 12.1. The lowest BCUT2D eigenvalue weighted by atomic mass is 9.95. The van der Waals surface area contributed by atoms with Crippen LogP contribution in [0.4, 0.5) is 5.00 Å². The number of esters is 1. The number of benzene rings is 1. The summed E-state index contributed by atoms with van der Waals surface area (Å²) in [6, 6.07) is 7.99. The number of sulfonamides is 1. The Labute approximate surface area is 209 Å². The molecule has 1 aliphatic carbocycles. The van der Waals surface area contributed by atoms with Crippen molar-refractivity contribution in [3.05, 3.63) is 45.8 Å². The van der Waals surface area contributed by atoms with Gasteiger partial charge in [0.1, 0.15) is 11.7 Å². The molecule has 6 nitrogen and oxygen atoms in total. The van der Waals surface area contributed by atoms with Crippen LogP contribution in [0.1, 0.15) is 53.1 Å². The van der Waals surface area contributed by atoms with Gasteiger partial charge in [-0.2, -0.15) is 0 Å². The Balaban J connectivity index is 2.10. The van der Waals surface area contributed by atoms with E-state index in [1.54, 1.807) is 19.1 Å². The third kappa shape index (κ3) is 6.11. The quantitative estimate of drug-likeness (QED) is 0.159. The van der Waals surface area contributed by atoms with Gasteiger partial charge in [0, 0.05) is 19.6 Å². The molecule has 0 amide bonds. The predicted octanol–water partition coefficient (Wildman–Crippen LogP) is 5.87. The number of fused-ring (bicyclic) bond motifs is 1. The number of rotatable bonds is 11. The van der Waals surface area contributed by atoms with Crippen LogP contribution in [0.15, 0.2) is 29.2 Å². The second-order valence-corrected chi connectivity index (χ2v) is 18.3. The summed E-state index contributed by atoms with van der Waals surface area (Å²) in [4.78, 5) is 14.4. The maximum atomic E-state index is 14.1. The topological polar surface area (TPSA) is 72.9 Å². The zero-order valence-corrected chi connectivity index (χ0v) is 23.6. The van der Waals surface area contributed by atoms with E-state index in [-0.39, 0.29) is 18.2 Å². The number of anilines is 1. The third-order valence-corrected chi connectivity index (χ3v) is 10.9. The maximum absolute atomic E-state index is 14.1. The van der Waals surface area contributed by atoms with Gasteiger partial charge in [0.15, 0.2) is 0 Å². The molecule has 0 N–H and O–H groups in total. The highest BCUT2D eigenvalue weighted by atomic mass is 32.2. The summed E-state index contributed by atoms with van der Waals surface area (Å²) in [7, 11) is -5.31. The Kier molecular flexibility index (Phi) is 9.00. The van der Waals surface area contributed by atoms with Crippen molar-refractivity contribution in [1.29, 1.82) is 0 Å². The largest absolute Gasteiger partial charge is 0.462 e. The summed E-state index contributed by atoms with van der Waals surface area (Å²) in [5, 5.41) is 0.421. The normalized spacial score (nSPS) is 14.0. The van der Waals surface area contributed by atoms with Gasteiger partial charge >= 0.3 is 5.97 Å². The van der Waals surface area contributed by atoms with E-state index >= 15 is 0 Å². The number of nitrogens with zero attached hydrogens (tertiary/aromatic N) is 1. The molecular formula is C25H37NO5S2Si. The molecule has 3 rings (SSSR count). The van der Waals surface area contributed by atoms with Crippen molar-refractivity contribution in [1.82, 2.24) is 0 Å². The lowest BCUT2D eigenvalue weighted by molar-refractivity contribution is 0.0526. The summed E-state index contributed by atoms with van der Waals surface area (Å²) in [6.07, 6.45) is 4.21. The molecule has 0 aliphatic heterocycles. The molecule has 0 bridgehead atoms. The van der Waals surface area contributed by atoms with Crippen LogP contribution < -0.4 is 4.31 Å². The highest BCUT2D eigenvalue weighted by molar-refractivity contribution is 7.93. The van der Waals surface area contributed by atoms with Gasteiger partial charge in [-0.3, -0.25) is 0 Å². The molecule has 1 aliphatic rings. The van der Waals surface area contributed by atoms with Gasteiger partial charge < -0.3 is 9.47 Å². The van der Waals surface area contributed by atoms with Gasteiger partial charge in [-0.05, 0) is 62.3 Å². The first kappa shape index (κ1) is 26.9. The number of thiophene rings is 1. The smallest absolute Gasteiger partial charge is 0.341 e. The molecule has 1 heterocycles. The summed E-state index contributed by atoms with van der Waals surface area (Å²) in [5.74, 6) is -0.456. The lowest BCUT2D eigenvalue weighted by Crippen LogP contribution is -2.35. The van der Waals surface area contributed by atoms with E-state index in [0.717, 1.165) is 47.7 Å². The Morgan fingerprint density at radius 3 is 2.50 bits per heavy atom. The van der Waals surface area contributed by atoms with Gasteiger partial charge in [-0.15, -0.1) is 11.3 Å². The SMILES string of the molecule is CCOC(=O)c1c(N(COCC[Si](C)(C)C)S(=O)(=O)c2ccccc2CC)sc2c1CCCC2. The van der Waals surface area contributed by atoms with Gasteiger partial charge in [0.25, 0.3) is 10.0 Å². The molecule has 2 aromatic rings. The fourth-order valence-electron chi connectivity index (χ4n) is 4.07. The van der Waals surface area contributed by atoms with Crippen LogP contribution in [-0.4, -0.2) is 42.4 Å². The minimum atomic E-state index is -3.96. The number of carbonyl (C=O) groups excluding carboxylic acids is 1. The Hall–Kier alpha value is -1.68. The van der Waals surface area contributed by atoms with E-state index < -0.39 is 24.1 Å². The number of aryl methyl sites for hydroxylation is 2. The first-order chi connectivity index (χ1) is 16.1. The average molecular weight is 524 g/mol. The molecule has 1 aromatic heterocycles. The van der Waals surface area contributed by atoms with E-state index in [1.165, 1.54) is 15.6 Å². The lowest BCUT2D eigenvalue weighted by Gasteiger charge is -2.26. The van der Waals surface area contributed by atoms with E-state index in [2.05, 4.69) is 19.6 Å². The average Bonchev–Trinajstić information content (AvgIpc) is 3.17. The molecule has 0 fully saturated rings. The van der Waals surface area contributed by atoms with Crippen molar-refractivity contribution >= 4 is 40.4 Å². The van der Waals surface area contributed by atoms with E-state index in [1.807, 2.05) is 19.1 Å². The van der Waals surface area contributed by atoms with Crippen molar-refractivity contribution in [3.63, 3.8) is 0 Å². The highest BCUT2D eigenvalue weighted by Crippen LogP contribution is 2.42. The monoisotopic (exact) mass is 523 g/mol. The molecular weight excluding hydrogens is 486 g/mol. The molecule has 0 unspecified atom stereocenters. The number of hydrogen-bond acceptors (Lipinski definition) is 6. The van der Waals surface area contributed by atoms with Gasteiger partial charge in [-0.25, -0.2) is 17.5 Å². The zero-order valence-electron chi connectivity index (χ0n) is 21.0. The van der Waals surface area contributed by atoms with Gasteiger partial charge in [0.05, 0.1) is 17.1 Å². The van der Waals surface area contributed by atoms with Gasteiger partial charge in [0.2, 0.25) is 0 Å². The summed E-state index contributed by atoms with van der Waals surface area (Å²) in [5.41, 5.74) is 2.08. The Morgan fingerprint density at radius 2 is 1.82 bits per heavy atom. The number of ether oxygens (including phenoxy) is 2. The summed E-state index contributed by atoms with van der Waals surface area (Å²) < 4.78 is 40.8. The molecule has 0 saturated heterocycles. The minimum absolute atomic E-state index is 0.128. The van der Waals surface area contributed by atoms with Crippen LogP contribution in [0, 0.1) is 0 Å². The molecule has 1 aromatic carbocycles. The van der Waals surface area contributed by atoms with Crippen LogP contribution in [-0.2, 0) is 38.8 Å². The van der Waals surface area contributed by atoms with E-state index in [0.29, 0.717) is 23.6 Å². The predicted molar refractivity (Wildman–Crippen MR) is 141 cm³/mol. The standard InChI is InChI=1S/C25H37NO5S2Si/c1-6-19-12-8-11-15-22(19)33(28,29)26(18-30-16-17-34(3,4)5)24-23(25(27)31-7-2)20-13-9-10-14-21(20)32-24/h8,11-12,15H,6-7,9-10,13-14,16-18H2,1-5H3. The number of hydrogen-bond donors (Lipinski definition) is 0. The van der Waals surface area contributed by atoms with Crippen LogP contribution >= 0.6 is 11.3 Å². The molecule has 34 heavy (non-hydrogen) atoms. The van der Waals surface area contributed by atoms with Gasteiger partial charge in [-0.1, -0.05) is 44.8 Å². The number of carbonyl (C=O) groups is 1. The highest BCUT2D eigenvalue weighted by Gasteiger charge is 2.35. The molecule has 0 saturated carbocycles. The van der Waals surface area contributed by atoms with Crippen molar-refractivity contribution in [2.45, 2.75) is 76.5 Å².